The van der Waals surface area contributed by atoms with Crippen LogP contribution in [0.1, 0.15) is 21.8 Å². The van der Waals surface area contributed by atoms with Crippen molar-refractivity contribution in [3.63, 3.8) is 0 Å². The van der Waals surface area contributed by atoms with Crippen molar-refractivity contribution in [1.82, 2.24) is 30.1 Å². The zero-order valence-corrected chi connectivity index (χ0v) is 19.8. The standard InChI is InChI=1S/C25H23FN6O2S/c1-34-21-8-9-23-18(12-21)11-19(25(33)27-23)14-31(15-22-3-2-10-35-22)16-24-28-29-30-32(24)13-17-4-6-20(26)7-5-17/h2-12H,13-16H2,1H3,(H,27,33). The summed E-state index contributed by atoms with van der Waals surface area (Å²) >= 11 is 1.66. The van der Waals surface area contributed by atoms with E-state index in [-0.39, 0.29) is 11.4 Å². The number of thiophene rings is 1. The van der Waals surface area contributed by atoms with E-state index in [1.807, 2.05) is 35.7 Å². The highest BCUT2D eigenvalue weighted by atomic mass is 32.1. The molecule has 0 radical (unpaired) electrons. The molecule has 0 aliphatic rings. The minimum atomic E-state index is -0.286. The first-order valence-corrected chi connectivity index (χ1v) is 11.9. The summed E-state index contributed by atoms with van der Waals surface area (Å²) in [6, 6.07) is 17.8. The number of halogens is 1. The lowest BCUT2D eigenvalue weighted by Crippen LogP contribution is -2.27. The van der Waals surface area contributed by atoms with E-state index in [2.05, 4.69) is 31.5 Å². The Hall–Kier alpha value is -3.89. The topological polar surface area (TPSA) is 88.9 Å². The van der Waals surface area contributed by atoms with Crippen LogP contribution < -0.4 is 10.3 Å². The molecule has 8 nitrogen and oxygen atoms in total. The van der Waals surface area contributed by atoms with Crippen molar-refractivity contribution in [3.8, 4) is 5.75 Å². The predicted molar refractivity (Wildman–Crippen MR) is 132 cm³/mol. The van der Waals surface area contributed by atoms with E-state index in [1.54, 1.807) is 35.3 Å². The lowest BCUT2D eigenvalue weighted by molar-refractivity contribution is 0.238. The molecule has 1 N–H and O–H groups in total. The van der Waals surface area contributed by atoms with Gasteiger partial charge in [0, 0.05) is 34.4 Å². The molecule has 178 valence electrons. The van der Waals surface area contributed by atoms with Crippen LogP contribution in [-0.4, -0.2) is 37.2 Å². The van der Waals surface area contributed by atoms with Gasteiger partial charge in [-0.25, -0.2) is 9.07 Å². The van der Waals surface area contributed by atoms with Gasteiger partial charge in [-0.2, -0.15) is 0 Å². The molecule has 2 aromatic carbocycles. The fourth-order valence-corrected chi connectivity index (χ4v) is 4.67. The van der Waals surface area contributed by atoms with Crippen LogP contribution >= 0.6 is 11.3 Å². The lowest BCUT2D eigenvalue weighted by Gasteiger charge is -2.21. The number of nitrogens with one attached hydrogen (secondary N) is 1. The smallest absolute Gasteiger partial charge is 0.252 e. The molecule has 0 atom stereocenters. The largest absolute Gasteiger partial charge is 0.497 e. The minimum absolute atomic E-state index is 0.134. The molecule has 0 fully saturated rings. The van der Waals surface area contributed by atoms with Gasteiger partial charge in [0.25, 0.3) is 5.56 Å². The Morgan fingerprint density at radius 3 is 2.71 bits per heavy atom. The maximum absolute atomic E-state index is 13.3. The van der Waals surface area contributed by atoms with Gasteiger partial charge in [0.1, 0.15) is 11.6 Å². The van der Waals surface area contributed by atoms with Crippen LogP contribution in [0.3, 0.4) is 0 Å². The molecular weight excluding hydrogens is 467 g/mol. The molecule has 0 unspecified atom stereocenters. The Balaban J connectivity index is 1.42. The summed E-state index contributed by atoms with van der Waals surface area (Å²) in [5, 5.41) is 15.1. The normalized spacial score (nSPS) is 11.4. The van der Waals surface area contributed by atoms with Crippen LogP contribution in [0.15, 0.2) is 70.8 Å². The Morgan fingerprint density at radius 2 is 1.94 bits per heavy atom. The zero-order chi connectivity index (χ0) is 24.2. The zero-order valence-electron chi connectivity index (χ0n) is 19.0. The van der Waals surface area contributed by atoms with E-state index < -0.39 is 0 Å². The molecule has 5 aromatic rings. The first kappa shape index (κ1) is 22.9. The summed E-state index contributed by atoms with van der Waals surface area (Å²) in [5.41, 5.74) is 2.15. The van der Waals surface area contributed by atoms with Crippen molar-refractivity contribution in [2.75, 3.05) is 7.11 Å². The van der Waals surface area contributed by atoms with E-state index in [0.29, 0.717) is 37.6 Å². The second-order valence-electron chi connectivity index (χ2n) is 8.18. The number of H-pyrrole nitrogens is 1. The fourth-order valence-electron chi connectivity index (χ4n) is 3.93. The predicted octanol–water partition coefficient (Wildman–Crippen LogP) is 3.97. The summed E-state index contributed by atoms with van der Waals surface area (Å²) < 4.78 is 20.3. The Morgan fingerprint density at radius 1 is 1.09 bits per heavy atom. The van der Waals surface area contributed by atoms with Crippen molar-refractivity contribution in [3.05, 3.63) is 104 Å². The van der Waals surface area contributed by atoms with E-state index in [4.69, 9.17) is 4.74 Å². The van der Waals surface area contributed by atoms with Crippen LogP contribution in [0, 0.1) is 5.82 Å². The summed E-state index contributed by atoms with van der Waals surface area (Å²) in [7, 11) is 1.62. The number of hydrogen-bond acceptors (Lipinski definition) is 7. The maximum Gasteiger partial charge on any atom is 0.252 e. The second-order valence-corrected chi connectivity index (χ2v) is 9.21. The van der Waals surface area contributed by atoms with Gasteiger partial charge in [-0.3, -0.25) is 9.69 Å². The van der Waals surface area contributed by atoms with E-state index >= 15 is 0 Å². The summed E-state index contributed by atoms with van der Waals surface area (Å²) in [6.07, 6.45) is 0. The average molecular weight is 491 g/mol. The molecule has 3 aromatic heterocycles. The van der Waals surface area contributed by atoms with Crippen molar-refractivity contribution >= 4 is 22.2 Å². The third kappa shape index (κ3) is 5.44. The first-order chi connectivity index (χ1) is 17.1. The quantitative estimate of drug-likeness (QED) is 0.336. The molecule has 3 heterocycles. The molecule has 0 saturated carbocycles. The highest BCUT2D eigenvalue weighted by Crippen LogP contribution is 2.21. The van der Waals surface area contributed by atoms with Gasteiger partial charge in [0.15, 0.2) is 5.82 Å². The van der Waals surface area contributed by atoms with Gasteiger partial charge >= 0.3 is 0 Å². The third-order valence-electron chi connectivity index (χ3n) is 5.70. The van der Waals surface area contributed by atoms with Gasteiger partial charge in [-0.1, -0.05) is 18.2 Å². The molecule has 0 aliphatic carbocycles. The van der Waals surface area contributed by atoms with Gasteiger partial charge in [0.2, 0.25) is 0 Å². The molecule has 0 amide bonds. The van der Waals surface area contributed by atoms with Gasteiger partial charge in [-0.05, 0) is 63.8 Å². The molecule has 35 heavy (non-hydrogen) atoms. The maximum atomic E-state index is 13.3. The average Bonchev–Trinajstić information content (AvgIpc) is 3.53. The van der Waals surface area contributed by atoms with Crippen molar-refractivity contribution in [1.29, 1.82) is 0 Å². The molecule has 5 rings (SSSR count). The highest BCUT2D eigenvalue weighted by molar-refractivity contribution is 7.09. The second kappa shape index (κ2) is 10.2. The number of benzene rings is 2. The number of hydrogen-bond donors (Lipinski definition) is 1. The van der Waals surface area contributed by atoms with Crippen molar-refractivity contribution < 1.29 is 9.13 Å². The van der Waals surface area contributed by atoms with E-state index in [1.165, 1.54) is 17.0 Å². The number of fused-ring (bicyclic) bond motifs is 1. The number of ether oxygens (including phenoxy) is 1. The van der Waals surface area contributed by atoms with Gasteiger partial charge in [0.05, 0.1) is 20.2 Å². The first-order valence-electron chi connectivity index (χ1n) is 11.0. The van der Waals surface area contributed by atoms with Crippen LogP contribution in [0.4, 0.5) is 4.39 Å². The number of aromatic amines is 1. The Bertz CT molecular complexity index is 1480. The third-order valence-corrected chi connectivity index (χ3v) is 6.56. The van der Waals surface area contributed by atoms with Crippen molar-refractivity contribution in [2.24, 2.45) is 0 Å². The molecule has 0 saturated heterocycles. The lowest BCUT2D eigenvalue weighted by atomic mass is 10.1. The SMILES string of the molecule is COc1ccc2[nH]c(=O)c(CN(Cc3cccs3)Cc3nnnn3Cc3ccc(F)cc3)cc2c1. The number of nitrogens with zero attached hydrogens (tertiary/aromatic N) is 5. The number of rotatable bonds is 9. The number of methoxy groups -OCH3 is 1. The number of tetrazole rings is 1. The Labute approximate surface area is 204 Å². The van der Waals surface area contributed by atoms with Gasteiger partial charge < -0.3 is 9.72 Å². The molecular formula is C25H23FN6O2S. The summed E-state index contributed by atoms with van der Waals surface area (Å²) in [5.74, 6) is 1.10. The summed E-state index contributed by atoms with van der Waals surface area (Å²) in [4.78, 5) is 19.1. The Kier molecular flexibility index (Phi) is 6.64. The van der Waals surface area contributed by atoms with Crippen LogP contribution in [0.2, 0.25) is 0 Å². The monoisotopic (exact) mass is 490 g/mol. The molecule has 0 bridgehead atoms. The van der Waals surface area contributed by atoms with Crippen LogP contribution in [0.25, 0.3) is 10.9 Å². The number of aromatic nitrogens is 5. The molecule has 0 spiro atoms. The van der Waals surface area contributed by atoms with Gasteiger partial charge in [-0.15, -0.1) is 16.4 Å². The number of pyridine rings is 1. The van der Waals surface area contributed by atoms with E-state index in [9.17, 15) is 9.18 Å². The fraction of sp³-hybridized carbons (Fsp3) is 0.200. The highest BCUT2D eigenvalue weighted by Gasteiger charge is 2.16. The van der Waals surface area contributed by atoms with Crippen molar-refractivity contribution in [2.45, 2.75) is 26.2 Å². The minimum Gasteiger partial charge on any atom is -0.497 e. The summed E-state index contributed by atoms with van der Waals surface area (Å²) in [6.45, 7) is 1.90. The molecule has 0 aliphatic heterocycles. The van der Waals surface area contributed by atoms with E-state index in [0.717, 1.165) is 22.2 Å². The molecule has 10 heteroatoms. The van der Waals surface area contributed by atoms with Crippen LogP contribution in [0.5, 0.6) is 5.75 Å². The van der Waals surface area contributed by atoms with Crippen LogP contribution in [-0.2, 0) is 26.2 Å².